The second kappa shape index (κ2) is 13.8. The van der Waals surface area contributed by atoms with Crippen molar-refractivity contribution in [3.05, 3.63) is 126 Å². The first-order valence-corrected chi connectivity index (χ1v) is 16.3. The minimum atomic E-state index is -0.861. The Kier molecular flexibility index (Phi) is 9.42. The Balaban J connectivity index is 1.56. The van der Waals surface area contributed by atoms with Crippen molar-refractivity contribution in [1.82, 2.24) is 9.13 Å². The van der Waals surface area contributed by atoms with Gasteiger partial charge in [0, 0.05) is 41.4 Å². The summed E-state index contributed by atoms with van der Waals surface area (Å²) in [6, 6.07) is 23.1. The lowest BCUT2D eigenvalue weighted by molar-refractivity contribution is -0.140. The van der Waals surface area contributed by atoms with Crippen molar-refractivity contribution in [2.75, 3.05) is 34.0 Å². The average molecular weight is 652 g/mol. The molecular formula is C37H37N3O6S. The summed E-state index contributed by atoms with van der Waals surface area (Å²) in [6.07, 6.45) is 1.95. The van der Waals surface area contributed by atoms with Gasteiger partial charge in [0.1, 0.15) is 12.6 Å². The maximum Gasteiger partial charge on any atom is 0.338 e. The topological polar surface area (TPSA) is 93.3 Å². The molecule has 0 fully saturated rings. The van der Waals surface area contributed by atoms with Gasteiger partial charge in [-0.2, -0.15) is 0 Å². The van der Waals surface area contributed by atoms with Gasteiger partial charge in [-0.05, 0) is 44.5 Å². The van der Waals surface area contributed by atoms with Gasteiger partial charge in [0.05, 0.1) is 36.1 Å². The third kappa shape index (κ3) is 6.02. The maximum absolute atomic E-state index is 14.5. The Morgan fingerprint density at radius 2 is 1.74 bits per heavy atom. The van der Waals surface area contributed by atoms with Crippen LogP contribution in [0.2, 0.25) is 0 Å². The van der Waals surface area contributed by atoms with Gasteiger partial charge in [-0.3, -0.25) is 9.36 Å². The van der Waals surface area contributed by atoms with Gasteiger partial charge in [-0.25, -0.2) is 9.79 Å². The van der Waals surface area contributed by atoms with Crippen molar-refractivity contribution in [2.24, 2.45) is 4.99 Å². The van der Waals surface area contributed by atoms with Gasteiger partial charge in [-0.15, -0.1) is 0 Å². The molecule has 1 aliphatic rings. The summed E-state index contributed by atoms with van der Waals surface area (Å²) < 4.78 is 26.8. The molecule has 0 unspecified atom stereocenters. The van der Waals surface area contributed by atoms with Crippen molar-refractivity contribution >= 4 is 34.3 Å². The number of hydrogen-bond acceptors (Lipinski definition) is 8. The molecule has 1 atom stereocenters. The van der Waals surface area contributed by atoms with E-state index in [4.69, 9.17) is 23.9 Å². The van der Waals surface area contributed by atoms with E-state index in [2.05, 4.69) is 35.8 Å². The molecule has 0 N–H and O–H groups in total. The van der Waals surface area contributed by atoms with Crippen molar-refractivity contribution in [1.29, 1.82) is 0 Å². The average Bonchev–Trinajstić information content (AvgIpc) is 3.53. The summed E-state index contributed by atoms with van der Waals surface area (Å²) >= 11 is 1.29. The number of aromatic nitrogens is 2. The second-order valence-corrected chi connectivity index (χ2v) is 12.1. The first kappa shape index (κ1) is 32.0. The molecule has 5 aromatic rings. The van der Waals surface area contributed by atoms with Crippen molar-refractivity contribution in [3.8, 4) is 11.5 Å². The lowest BCUT2D eigenvalue weighted by Crippen LogP contribution is -2.40. The van der Waals surface area contributed by atoms with Crippen LogP contribution in [-0.4, -0.2) is 49.1 Å². The van der Waals surface area contributed by atoms with Gasteiger partial charge in [0.15, 0.2) is 16.3 Å². The molecule has 9 nitrogen and oxygen atoms in total. The van der Waals surface area contributed by atoms with E-state index in [-0.39, 0.29) is 24.3 Å². The number of ether oxygens (including phenoxy) is 4. The Morgan fingerprint density at radius 3 is 2.49 bits per heavy atom. The third-order valence-corrected chi connectivity index (χ3v) is 9.30. The van der Waals surface area contributed by atoms with E-state index in [1.165, 1.54) is 24.0 Å². The zero-order valence-corrected chi connectivity index (χ0v) is 27.9. The summed E-state index contributed by atoms with van der Waals surface area (Å²) in [4.78, 5) is 33.4. The predicted molar refractivity (Wildman–Crippen MR) is 183 cm³/mol. The first-order valence-electron chi connectivity index (χ1n) is 15.5. The zero-order valence-electron chi connectivity index (χ0n) is 27.1. The minimum absolute atomic E-state index is 0.0615. The molecule has 0 radical (unpaired) electrons. The smallest absolute Gasteiger partial charge is 0.338 e. The van der Waals surface area contributed by atoms with Crippen molar-refractivity contribution in [2.45, 2.75) is 33.4 Å². The van der Waals surface area contributed by atoms with Crippen LogP contribution in [0.1, 0.15) is 42.3 Å². The van der Waals surface area contributed by atoms with Gasteiger partial charge in [-0.1, -0.05) is 72.0 Å². The van der Waals surface area contributed by atoms with Crippen LogP contribution in [0.25, 0.3) is 17.0 Å². The molecule has 0 bridgehead atoms. The predicted octanol–water partition coefficient (Wildman–Crippen LogP) is 5.14. The summed E-state index contributed by atoms with van der Waals surface area (Å²) in [7, 11) is 3.10. The summed E-state index contributed by atoms with van der Waals surface area (Å²) in [5.74, 6) is 0.372. The normalized spacial score (nSPS) is 14.7. The number of rotatable bonds is 11. The standard InChI is InChI=1S/C37H37N3O6S/c1-6-45-34-27(16-12-18-30(34)44-5)33-32(36(42)46-20-19-43-4)23(2)38-37-40(33)35(41)31(47-37)21-28-24(3)39(22-25-13-8-7-9-14-25)29-17-11-10-15-26(28)29/h7-18,21,33H,6,19-20,22H2,1-5H3/b31-21+/t33-/m1/s1. The fourth-order valence-corrected chi connectivity index (χ4v) is 7.15. The third-order valence-electron chi connectivity index (χ3n) is 8.31. The number of methoxy groups -OCH3 is 2. The number of carbonyl (C=O) groups is 1. The van der Waals surface area contributed by atoms with Crippen LogP contribution in [0, 0.1) is 6.92 Å². The minimum Gasteiger partial charge on any atom is -0.493 e. The second-order valence-electron chi connectivity index (χ2n) is 11.1. The molecule has 10 heteroatoms. The fraction of sp³-hybridized carbons (Fsp3) is 0.270. The van der Waals surface area contributed by atoms with Gasteiger partial charge in [0.25, 0.3) is 5.56 Å². The zero-order chi connectivity index (χ0) is 33.1. The summed E-state index contributed by atoms with van der Waals surface area (Å²) in [5, 5.41) is 1.05. The van der Waals surface area contributed by atoms with E-state index in [0.29, 0.717) is 45.2 Å². The molecule has 3 heterocycles. The largest absolute Gasteiger partial charge is 0.493 e. The molecule has 0 spiro atoms. The summed E-state index contributed by atoms with van der Waals surface area (Å²) in [6.45, 7) is 7.08. The van der Waals surface area contributed by atoms with Crippen molar-refractivity contribution < 1.29 is 23.7 Å². The molecule has 242 valence electrons. The highest BCUT2D eigenvalue weighted by Gasteiger charge is 2.36. The highest BCUT2D eigenvalue weighted by molar-refractivity contribution is 7.07. The Hall–Kier alpha value is -4.93. The molecule has 2 aromatic heterocycles. The number of esters is 1. The number of fused-ring (bicyclic) bond motifs is 2. The highest BCUT2D eigenvalue weighted by Crippen LogP contribution is 2.41. The van der Waals surface area contributed by atoms with Gasteiger partial charge < -0.3 is 23.5 Å². The lowest BCUT2D eigenvalue weighted by atomic mass is 9.94. The Morgan fingerprint density at radius 1 is 0.979 bits per heavy atom. The van der Waals surface area contributed by atoms with E-state index < -0.39 is 12.0 Å². The molecule has 0 saturated heterocycles. The molecular weight excluding hydrogens is 614 g/mol. The fourth-order valence-electron chi connectivity index (χ4n) is 6.12. The van der Waals surface area contributed by atoms with Gasteiger partial charge in [0.2, 0.25) is 0 Å². The number of hydrogen-bond donors (Lipinski definition) is 0. The highest BCUT2D eigenvalue weighted by atomic mass is 32.1. The molecule has 47 heavy (non-hydrogen) atoms. The lowest BCUT2D eigenvalue weighted by Gasteiger charge is -2.27. The number of allylic oxidation sites excluding steroid dienone is 1. The first-order chi connectivity index (χ1) is 22.9. The number of carbonyl (C=O) groups excluding carboxylic acids is 1. The van der Waals surface area contributed by atoms with Crippen LogP contribution in [-0.2, 0) is 20.8 Å². The van der Waals surface area contributed by atoms with E-state index in [1.807, 2.05) is 55.5 Å². The number of nitrogens with zero attached hydrogens (tertiary/aromatic N) is 3. The number of thiazole rings is 1. The van der Waals surface area contributed by atoms with E-state index in [1.54, 1.807) is 24.7 Å². The monoisotopic (exact) mass is 651 g/mol. The van der Waals surface area contributed by atoms with E-state index in [0.717, 1.165) is 22.2 Å². The van der Waals surface area contributed by atoms with E-state index >= 15 is 0 Å². The van der Waals surface area contributed by atoms with Crippen LogP contribution in [0.4, 0.5) is 0 Å². The number of benzene rings is 3. The Labute approximate surface area is 276 Å². The van der Waals surface area contributed by atoms with Crippen LogP contribution >= 0.6 is 11.3 Å². The number of para-hydroxylation sites is 2. The molecule has 0 amide bonds. The molecule has 1 aliphatic heterocycles. The van der Waals surface area contributed by atoms with Crippen LogP contribution < -0.4 is 24.4 Å². The van der Waals surface area contributed by atoms with Crippen LogP contribution in [0.15, 0.2) is 93.9 Å². The van der Waals surface area contributed by atoms with Gasteiger partial charge >= 0.3 is 5.97 Å². The van der Waals surface area contributed by atoms with E-state index in [9.17, 15) is 9.59 Å². The molecule has 3 aromatic carbocycles. The van der Waals surface area contributed by atoms with Crippen LogP contribution in [0.3, 0.4) is 0 Å². The summed E-state index contributed by atoms with van der Waals surface area (Å²) in [5.41, 5.74) is 5.33. The van der Waals surface area contributed by atoms with Crippen molar-refractivity contribution in [3.63, 3.8) is 0 Å². The molecule has 0 saturated carbocycles. The molecule has 0 aliphatic carbocycles. The SMILES string of the molecule is CCOc1c(OC)cccc1[C@@H]1C(C(=O)OCCOC)=C(C)N=c2s/c(=C/c3c(C)n(Cc4ccccc4)c4ccccc34)c(=O)n21. The maximum atomic E-state index is 14.5. The Bertz CT molecular complexity index is 2160. The van der Waals surface area contributed by atoms with Crippen LogP contribution in [0.5, 0.6) is 11.5 Å². The molecule has 6 rings (SSSR count). The quantitative estimate of drug-likeness (QED) is 0.145.